The van der Waals surface area contributed by atoms with Gasteiger partial charge in [-0.25, -0.2) is 12.8 Å². The van der Waals surface area contributed by atoms with Crippen molar-refractivity contribution in [2.24, 2.45) is 0 Å². The summed E-state index contributed by atoms with van der Waals surface area (Å²) in [6.45, 7) is 1.90. The molecule has 8 nitrogen and oxygen atoms in total. The fourth-order valence-corrected chi connectivity index (χ4v) is 5.82. The van der Waals surface area contributed by atoms with E-state index in [1.54, 1.807) is 22.7 Å². The molecular formula is C20H25FN4O4S. The van der Waals surface area contributed by atoms with Gasteiger partial charge in [-0.3, -0.25) is 9.48 Å². The highest BCUT2D eigenvalue weighted by Gasteiger charge is 2.35. The van der Waals surface area contributed by atoms with Crippen molar-refractivity contribution in [3.8, 4) is 5.75 Å². The lowest BCUT2D eigenvalue weighted by Gasteiger charge is -2.31. The van der Waals surface area contributed by atoms with Crippen LogP contribution in [0.5, 0.6) is 5.75 Å². The molecule has 1 saturated heterocycles. The smallest absolute Gasteiger partial charge is 0.271 e. The number of sulfonamides is 1. The molecule has 2 aliphatic rings. The predicted molar refractivity (Wildman–Crippen MR) is 107 cm³/mol. The van der Waals surface area contributed by atoms with Gasteiger partial charge in [0.1, 0.15) is 22.2 Å². The third kappa shape index (κ3) is 3.69. The number of hydrogen-bond donors (Lipinski definition) is 0. The van der Waals surface area contributed by atoms with Gasteiger partial charge in [0.2, 0.25) is 10.0 Å². The average Bonchev–Trinajstić information content (AvgIpc) is 3.12. The first kappa shape index (κ1) is 20.8. The number of piperidine rings is 1. The van der Waals surface area contributed by atoms with Crippen LogP contribution in [0.1, 0.15) is 41.4 Å². The van der Waals surface area contributed by atoms with E-state index in [1.807, 2.05) is 0 Å². The Bertz CT molecular complexity index is 1070. The largest absolute Gasteiger partial charge is 0.495 e. The second-order valence-electron chi connectivity index (χ2n) is 7.76. The van der Waals surface area contributed by atoms with Crippen molar-refractivity contribution in [2.45, 2.75) is 36.6 Å². The standard InChI is InChI=1S/C20H25FN4O4S/c1-23-8-4-10-25-17(20(23)26)12-16(22-25)14-5-3-9-24(13-14)30(27,28)19-11-15(21)6-7-18(19)29-2/h6-7,11-12,14H,3-5,8-10,13H2,1-2H3. The quantitative estimate of drug-likeness (QED) is 0.733. The van der Waals surface area contributed by atoms with Crippen LogP contribution >= 0.6 is 0 Å². The van der Waals surface area contributed by atoms with Gasteiger partial charge in [-0.2, -0.15) is 9.40 Å². The van der Waals surface area contributed by atoms with Gasteiger partial charge in [-0.15, -0.1) is 0 Å². The Labute approximate surface area is 175 Å². The number of amides is 1. The van der Waals surface area contributed by atoms with Crippen LogP contribution in [-0.2, 0) is 16.6 Å². The minimum Gasteiger partial charge on any atom is -0.495 e. The number of halogens is 1. The SMILES string of the molecule is COc1ccc(F)cc1S(=O)(=O)N1CCCC(c2cc3n(n2)CCCN(C)C3=O)C1. The Kier molecular flexibility index (Phi) is 5.54. The van der Waals surface area contributed by atoms with Gasteiger partial charge in [0.05, 0.1) is 12.8 Å². The van der Waals surface area contributed by atoms with Gasteiger partial charge in [-0.05, 0) is 43.5 Å². The molecule has 1 aromatic heterocycles. The minimum absolute atomic E-state index is 0.0731. The summed E-state index contributed by atoms with van der Waals surface area (Å²) in [7, 11) is -0.809. The summed E-state index contributed by atoms with van der Waals surface area (Å²) in [6, 6.07) is 5.26. The van der Waals surface area contributed by atoms with Gasteiger partial charge in [-0.1, -0.05) is 0 Å². The Morgan fingerprint density at radius 3 is 2.73 bits per heavy atom. The number of nitrogens with zero attached hydrogens (tertiary/aromatic N) is 4. The number of carbonyl (C=O) groups excluding carboxylic acids is 1. The summed E-state index contributed by atoms with van der Waals surface area (Å²) in [6.07, 6.45) is 2.24. The number of fused-ring (bicyclic) bond motifs is 1. The lowest BCUT2D eigenvalue weighted by molar-refractivity contribution is 0.0796. The second-order valence-corrected chi connectivity index (χ2v) is 9.66. The normalized spacial score (nSPS) is 20.7. The number of aryl methyl sites for hydroxylation is 1. The molecule has 0 saturated carbocycles. The molecule has 2 aliphatic heterocycles. The van der Waals surface area contributed by atoms with Crippen LogP contribution in [-0.4, -0.2) is 67.1 Å². The number of carbonyl (C=O) groups is 1. The minimum atomic E-state index is -3.94. The number of hydrogen-bond acceptors (Lipinski definition) is 5. The van der Waals surface area contributed by atoms with E-state index in [0.717, 1.165) is 24.6 Å². The van der Waals surface area contributed by atoms with E-state index in [9.17, 15) is 17.6 Å². The van der Waals surface area contributed by atoms with E-state index in [4.69, 9.17) is 4.74 Å². The third-order valence-electron chi connectivity index (χ3n) is 5.77. The molecule has 162 valence electrons. The Morgan fingerprint density at radius 2 is 1.97 bits per heavy atom. The molecule has 1 fully saturated rings. The molecule has 0 radical (unpaired) electrons. The van der Waals surface area contributed by atoms with Crippen LogP contribution < -0.4 is 4.74 Å². The molecule has 4 rings (SSSR count). The summed E-state index contributed by atoms with van der Waals surface area (Å²) < 4.78 is 48.4. The fourth-order valence-electron chi connectivity index (χ4n) is 4.13. The highest BCUT2D eigenvalue weighted by molar-refractivity contribution is 7.89. The first-order chi connectivity index (χ1) is 14.3. The zero-order valence-electron chi connectivity index (χ0n) is 17.0. The molecule has 3 heterocycles. The Hall–Kier alpha value is -2.46. The highest BCUT2D eigenvalue weighted by atomic mass is 32.2. The summed E-state index contributed by atoms with van der Waals surface area (Å²) in [5.41, 5.74) is 1.26. The molecule has 30 heavy (non-hydrogen) atoms. The number of rotatable bonds is 4. The number of methoxy groups -OCH3 is 1. The Morgan fingerprint density at radius 1 is 1.17 bits per heavy atom. The van der Waals surface area contributed by atoms with Crippen LogP contribution in [0.3, 0.4) is 0 Å². The van der Waals surface area contributed by atoms with Crippen LogP contribution in [0.25, 0.3) is 0 Å². The molecule has 1 unspecified atom stereocenters. The number of benzene rings is 1. The lowest BCUT2D eigenvalue weighted by Crippen LogP contribution is -2.39. The van der Waals surface area contributed by atoms with Crippen LogP contribution in [0, 0.1) is 5.82 Å². The van der Waals surface area contributed by atoms with Crippen LogP contribution in [0.4, 0.5) is 4.39 Å². The van der Waals surface area contributed by atoms with E-state index in [2.05, 4.69) is 5.10 Å². The molecule has 2 aromatic rings. The van der Waals surface area contributed by atoms with E-state index in [1.165, 1.54) is 23.5 Å². The zero-order valence-corrected chi connectivity index (χ0v) is 17.9. The highest BCUT2D eigenvalue weighted by Crippen LogP contribution is 2.33. The first-order valence-corrected chi connectivity index (χ1v) is 11.4. The second kappa shape index (κ2) is 7.99. The molecule has 1 aromatic carbocycles. The number of aromatic nitrogens is 2. The summed E-state index contributed by atoms with van der Waals surface area (Å²) >= 11 is 0. The van der Waals surface area contributed by atoms with E-state index in [0.29, 0.717) is 31.7 Å². The van der Waals surface area contributed by atoms with Crippen molar-refractivity contribution in [3.63, 3.8) is 0 Å². The molecule has 0 spiro atoms. The summed E-state index contributed by atoms with van der Waals surface area (Å²) in [5.74, 6) is -0.731. The topological polar surface area (TPSA) is 84.7 Å². The van der Waals surface area contributed by atoms with E-state index < -0.39 is 15.8 Å². The maximum Gasteiger partial charge on any atom is 0.271 e. The first-order valence-electron chi connectivity index (χ1n) is 9.98. The fraction of sp³-hybridized carbons (Fsp3) is 0.500. The molecule has 0 aliphatic carbocycles. The van der Waals surface area contributed by atoms with E-state index >= 15 is 0 Å². The monoisotopic (exact) mass is 436 g/mol. The molecule has 1 amide bonds. The van der Waals surface area contributed by atoms with Gasteiger partial charge in [0, 0.05) is 39.1 Å². The molecule has 1 atom stereocenters. The summed E-state index contributed by atoms with van der Waals surface area (Å²) in [4.78, 5) is 14.1. The maximum absolute atomic E-state index is 13.8. The summed E-state index contributed by atoms with van der Waals surface area (Å²) in [5, 5.41) is 4.62. The molecule has 10 heteroatoms. The van der Waals surface area contributed by atoms with Crippen molar-refractivity contribution in [2.75, 3.05) is 33.8 Å². The van der Waals surface area contributed by atoms with Crippen molar-refractivity contribution in [3.05, 3.63) is 41.5 Å². The van der Waals surface area contributed by atoms with E-state index in [-0.39, 0.29) is 29.0 Å². The van der Waals surface area contributed by atoms with Crippen LogP contribution in [0.2, 0.25) is 0 Å². The van der Waals surface area contributed by atoms with Gasteiger partial charge in [0.25, 0.3) is 5.91 Å². The average molecular weight is 437 g/mol. The van der Waals surface area contributed by atoms with Gasteiger partial charge in [0.15, 0.2) is 0 Å². The van der Waals surface area contributed by atoms with Crippen LogP contribution in [0.15, 0.2) is 29.2 Å². The van der Waals surface area contributed by atoms with Gasteiger partial charge < -0.3 is 9.64 Å². The van der Waals surface area contributed by atoms with Crippen molar-refractivity contribution in [1.82, 2.24) is 19.0 Å². The maximum atomic E-state index is 13.8. The van der Waals surface area contributed by atoms with Crippen molar-refractivity contribution >= 4 is 15.9 Å². The molecule has 0 bridgehead atoms. The zero-order chi connectivity index (χ0) is 21.5. The molecular weight excluding hydrogens is 411 g/mol. The van der Waals surface area contributed by atoms with Crippen molar-refractivity contribution in [1.29, 1.82) is 0 Å². The molecule has 0 N–H and O–H groups in total. The number of ether oxygens (including phenoxy) is 1. The predicted octanol–water partition coefficient (Wildman–Crippen LogP) is 2.07. The van der Waals surface area contributed by atoms with Gasteiger partial charge >= 0.3 is 0 Å². The lowest BCUT2D eigenvalue weighted by atomic mass is 9.96. The van der Waals surface area contributed by atoms with Crippen molar-refractivity contribution < 1.29 is 22.3 Å². The Balaban J connectivity index is 1.62. The third-order valence-corrected chi connectivity index (χ3v) is 7.66.